The summed E-state index contributed by atoms with van der Waals surface area (Å²) in [6.07, 6.45) is 1.31. The van der Waals surface area contributed by atoms with E-state index in [-0.39, 0.29) is 30.1 Å². The second-order valence-corrected chi connectivity index (χ2v) is 5.09. The average molecular weight is 334 g/mol. The molecule has 0 aliphatic carbocycles. The van der Waals surface area contributed by atoms with Crippen molar-refractivity contribution in [1.29, 1.82) is 0 Å². The molecule has 24 heavy (non-hydrogen) atoms. The number of aryl methyl sites for hydroxylation is 2. The molecule has 0 aliphatic heterocycles. The normalized spacial score (nSPS) is 11.1. The first kappa shape index (κ1) is 15.6. The summed E-state index contributed by atoms with van der Waals surface area (Å²) in [5.74, 6) is -0.0154. The Kier molecular flexibility index (Phi) is 3.75. The molecule has 11 nitrogen and oxygen atoms in total. The van der Waals surface area contributed by atoms with Crippen LogP contribution in [-0.2, 0) is 29.7 Å². The van der Waals surface area contributed by atoms with Crippen LogP contribution in [0.25, 0.3) is 11.2 Å². The highest BCUT2D eigenvalue weighted by molar-refractivity contribution is 5.75. The maximum Gasteiger partial charge on any atom is 0.332 e. The van der Waals surface area contributed by atoms with E-state index in [1.54, 1.807) is 6.92 Å². The van der Waals surface area contributed by atoms with Gasteiger partial charge in [-0.2, -0.15) is 4.98 Å². The quantitative estimate of drug-likeness (QED) is 0.545. The van der Waals surface area contributed by atoms with E-state index in [0.29, 0.717) is 5.82 Å². The molecule has 126 valence electrons. The van der Waals surface area contributed by atoms with Crippen molar-refractivity contribution in [3.8, 4) is 0 Å². The number of rotatable bonds is 4. The Morgan fingerprint density at radius 1 is 1.38 bits per heavy atom. The molecule has 0 fully saturated rings. The summed E-state index contributed by atoms with van der Waals surface area (Å²) in [6, 6.07) is 0. The van der Waals surface area contributed by atoms with Crippen LogP contribution in [0, 0.1) is 6.92 Å². The maximum absolute atomic E-state index is 12.7. The first-order valence-electron chi connectivity index (χ1n) is 6.93. The number of fused-ring (bicyclic) bond motifs is 1. The number of esters is 1. The third-order valence-corrected chi connectivity index (χ3v) is 3.49. The minimum absolute atomic E-state index is 0.110. The van der Waals surface area contributed by atoms with E-state index in [0.717, 1.165) is 4.57 Å². The molecule has 0 saturated carbocycles. The molecule has 11 heteroatoms. The van der Waals surface area contributed by atoms with Gasteiger partial charge < -0.3 is 13.8 Å². The average Bonchev–Trinajstić information content (AvgIpc) is 3.16. The third-order valence-electron chi connectivity index (χ3n) is 3.49. The lowest BCUT2D eigenvalue weighted by atomic mass is 10.4. The first-order valence-corrected chi connectivity index (χ1v) is 6.93. The second kappa shape index (κ2) is 5.76. The van der Waals surface area contributed by atoms with Gasteiger partial charge in [0.25, 0.3) is 5.56 Å². The van der Waals surface area contributed by atoms with E-state index in [4.69, 9.17) is 4.52 Å². The van der Waals surface area contributed by atoms with E-state index >= 15 is 0 Å². The number of nitrogens with zero attached hydrogens (tertiary/aromatic N) is 6. The molecule has 0 unspecified atom stereocenters. The number of aromatic nitrogens is 6. The van der Waals surface area contributed by atoms with Crippen molar-refractivity contribution in [2.45, 2.75) is 20.0 Å². The molecule has 0 amide bonds. The number of hydrogen-bond acceptors (Lipinski definition) is 8. The summed E-state index contributed by atoms with van der Waals surface area (Å²) in [4.78, 5) is 44.6. The zero-order chi connectivity index (χ0) is 17.4. The van der Waals surface area contributed by atoms with E-state index in [1.165, 1.54) is 29.6 Å². The van der Waals surface area contributed by atoms with Crippen LogP contribution in [0.15, 0.2) is 20.4 Å². The summed E-state index contributed by atoms with van der Waals surface area (Å²) in [7, 11) is 2.72. The molecule has 3 rings (SSSR count). The Balaban J connectivity index is 2.19. The van der Waals surface area contributed by atoms with Gasteiger partial charge in [-0.05, 0) is 6.92 Å². The highest BCUT2D eigenvalue weighted by Crippen LogP contribution is 2.06. The molecule has 0 bridgehead atoms. The van der Waals surface area contributed by atoms with Gasteiger partial charge in [-0.25, -0.2) is 14.3 Å². The van der Waals surface area contributed by atoms with Crippen molar-refractivity contribution < 1.29 is 14.1 Å². The van der Waals surface area contributed by atoms with Gasteiger partial charge in [0.15, 0.2) is 17.0 Å². The van der Waals surface area contributed by atoms with Gasteiger partial charge in [-0.1, -0.05) is 5.16 Å². The molecule has 0 spiro atoms. The van der Waals surface area contributed by atoms with E-state index < -0.39 is 17.2 Å². The predicted octanol–water partition coefficient (Wildman–Crippen LogP) is -1.19. The molecular weight excluding hydrogens is 320 g/mol. The summed E-state index contributed by atoms with van der Waals surface area (Å²) in [5.41, 5.74) is -0.900. The van der Waals surface area contributed by atoms with Gasteiger partial charge in [-0.3, -0.25) is 14.2 Å². The zero-order valence-corrected chi connectivity index (χ0v) is 13.2. The number of hydrogen-bond donors (Lipinski definition) is 0. The van der Waals surface area contributed by atoms with Gasteiger partial charge in [0.1, 0.15) is 13.1 Å². The molecular formula is C13H14N6O5. The molecule has 3 aromatic heterocycles. The Labute approximate surface area is 134 Å². The van der Waals surface area contributed by atoms with Gasteiger partial charge in [0, 0.05) is 7.05 Å². The van der Waals surface area contributed by atoms with Gasteiger partial charge in [0.05, 0.1) is 13.4 Å². The van der Waals surface area contributed by atoms with E-state index in [9.17, 15) is 14.4 Å². The van der Waals surface area contributed by atoms with Crippen LogP contribution in [0.2, 0.25) is 0 Å². The number of ether oxygens (including phenoxy) is 1. The molecule has 0 N–H and O–H groups in total. The van der Waals surface area contributed by atoms with Gasteiger partial charge >= 0.3 is 11.7 Å². The fraction of sp³-hybridized carbons (Fsp3) is 0.385. The van der Waals surface area contributed by atoms with Crippen LogP contribution in [0.3, 0.4) is 0 Å². The molecule has 0 saturated heterocycles. The lowest BCUT2D eigenvalue weighted by molar-refractivity contribution is -0.141. The largest absolute Gasteiger partial charge is 0.468 e. The lowest BCUT2D eigenvalue weighted by Gasteiger charge is -2.07. The Morgan fingerprint density at radius 2 is 2.12 bits per heavy atom. The monoisotopic (exact) mass is 334 g/mol. The topological polar surface area (TPSA) is 127 Å². The SMILES string of the molecule is COC(=O)Cn1cnc2c1c(=O)n(Cc1nc(C)no1)c(=O)n2C. The summed E-state index contributed by atoms with van der Waals surface area (Å²) in [6.45, 7) is 1.26. The number of methoxy groups -OCH3 is 1. The van der Waals surface area contributed by atoms with Crippen LogP contribution in [0.4, 0.5) is 0 Å². The van der Waals surface area contributed by atoms with Crippen molar-refractivity contribution in [2.75, 3.05) is 7.11 Å². The van der Waals surface area contributed by atoms with Crippen LogP contribution in [0.1, 0.15) is 11.7 Å². The van der Waals surface area contributed by atoms with E-state index in [2.05, 4.69) is 19.9 Å². The highest BCUT2D eigenvalue weighted by Gasteiger charge is 2.19. The second-order valence-electron chi connectivity index (χ2n) is 5.09. The molecule has 3 heterocycles. The van der Waals surface area contributed by atoms with Crippen LogP contribution < -0.4 is 11.2 Å². The molecule has 0 radical (unpaired) electrons. The fourth-order valence-corrected chi connectivity index (χ4v) is 2.32. The van der Waals surface area contributed by atoms with Crippen molar-refractivity contribution in [2.24, 2.45) is 7.05 Å². The van der Waals surface area contributed by atoms with Crippen molar-refractivity contribution >= 4 is 17.1 Å². The Morgan fingerprint density at radius 3 is 2.75 bits per heavy atom. The molecule has 0 aromatic carbocycles. The molecule has 0 atom stereocenters. The zero-order valence-electron chi connectivity index (χ0n) is 13.2. The fourth-order valence-electron chi connectivity index (χ4n) is 2.32. The smallest absolute Gasteiger partial charge is 0.332 e. The minimum Gasteiger partial charge on any atom is -0.468 e. The van der Waals surface area contributed by atoms with Crippen LogP contribution in [0.5, 0.6) is 0 Å². The maximum atomic E-state index is 12.7. The Hall–Kier alpha value is -3.24. The Bertz CT molecular complexity index is 1040. The standard InChI is InChI=1S/C13H14N6O5/c1-7-15-8(24-16-7)4-19-12(21)10-11(17(2)13(19)22)14-6-18(10)5-9(20)23-3/h6H,4-5H2,1-3H3. The van der Waals surface area contributed by atoms with Crippen molar-refractivity contribution in [1.82, 2.24) is 28.8 Å². The predicted molar refractivity (Wildman–Crippen MR) is 79.4 cm³/mol. The molecule has 3 aromatic rings. The summed E-state index contributed by atoms with van der Waals surface area (Å²) >= 11 is 0. The number of carbonyl (C=O) groups is 1. The number of carbonyl (C=O) groups excluding carboxylic acids is 1. The highest BCUT2D eigenvalue weighted by atomic mass is 16.5. The minimum atomic E-state index is -0.606. The van der Waals surface area contributed by atoms with Crippen molar-refractivity contribution in [3.05, 3.63) is 38.9 Å². The molecule has 0 aliphatic rings. The third kappa shape index (κ3) is 2.49. The van der Waals surface area contributed by atoms with Crippen molar-refractivity contribution in [3.63, 3.8) is 0 Å². The van der Waals surface area contributed by atoms with Crippen LogP contribution in [-0.4, -0.2) is 41.9 Å². The van der Waals surface area contributed by atoms with Gasteiger partial charge in [-0.15, -0.1) is 0 Å². The van der Waals surface area contributed by atoms with Gasteiger partial charge in [0.2, 0.25) is 5.89 Å². The lowest BCUT2D eigenvalue weighted by Crippen LogP contribution is -2.40. The first-order chi connectivity index (χ1) is 11.4. The van der Waals surface area contributed by atoms with Crippen LogP contribution >= 0.6 is 0 Å². The number of imidazole rings is 1. The summed E-state index contributed by atoms with van der Waals surface area (Å²) < 4.78 is 13.1. The summed E-state index contributed by atoms with van der Waals surface area (Å²) in [5, 5.41) is 3.63. The van der Waals surface area contributed by atoms with E-state index in [1.807, 2.05) is 0 Å².